The van der Waals surface area contributed by atoms with Gasteiger partial charge in [0.2, 0.25) is 5.95 Å². The molecule has 3 rings (SSSR count). The van der Waals surface area contributed by atoms with Gasteiger partial charge in [-0.2, -0.15) is 4.98 Å². The number of rotatable bonds is 2. The van der Waals surface area contributed by atoms with E-state index in [0.717, 1.165) is 4.43 Å². The molecular formula is C10H12IN5O2. The SMILES string of the molecule is Nc1ncc2ncn([C@H]3C[C@H](O)[C@@H](CI)O3)c2n1. The fraction of sp³-hybridized carbons (Fsp3) is 0.500. The van der Waals surface area contributed by atoms with Gasteiger partial charge in [0.25, 0.3) is 0 Å². The van der Waals surface area contributed by atoms with Crippen LogP contribution in [0.1, 0.15) is 12.6 Å². The highest BCUT2D eigenvalue weighted by atomic mass is 127. The number of hydrogen-bond acceptors (Lipinski definition) is 6. The van der Waals surface area contributed by atoms with Gasteiger partial charge in [0.1, 0.15) is 11.7 Å². The van der Waals surface area contributed by atoms with Crippen LogP contribution in [0.3, 0.4) is 0 Å². The molecule has 1 fully saturated rings. The molecular weight excluding hydrogens is 349 g/mol. The lowest BCUT2D eigenvalue weighted by Crippen LogP contribution is -2.21. The van der Waals surface area contributed by atoms with Crippen molar-refractivity contribution in [3.8, 4) is 0 Å². The molecule has 0 spiro atoms. The van der Waals surface area contributed by atoms with E-state index < -0.39 is 6.10 Å². The van der Waals surface area contributed by atoms with Gasteiger partial charge in [0.05, 0.1) is 24.7 Å². The highest BCUT2D eigenvalue weighted by molar-refractivity contribution is 14.1. The molecule has 0 saturated carbocycles. The van der Waals surface area contributed by atoms with Gasteiger partial charge >= 0.3 is 0 Å². The van der Waals surface area contributed by atoms with Crippen molar-refractivity contribution in [3.05, 3.63) is 12.5 Å². The number of halogens is 1. The van der Waals surface area contributed by atoms with E-state index in [9.17, 15) is 5.11 Å². The molecule has 0 amide bonds. The van der Waals surface area contributed by atoms with Crippen LogP contribution in [0.25, 0.3) is 11.2 Å². The zero-order valence-corrected chi connectivity index (χ0v) is 11.6. The summed E-state index contributed by atoms with van der Waals surface area (Å²) in [5, 5.41) is 9.86. The molecule has 8 heteroatoms. The van der Waals surface area contributed by atoms with Crippen molar-refractivity contribution in [2.45, 2.75) is 24.9 Å². The van der Waals surface area contributed by atoms with Gasteiger partial charge in [-0.1, -0.05) is 22.6 Å². The minimum atomic E-state index is -0.455. The first-order valence-corrected chi connectivity index (χ1v) is 7.06. The summed E-state index contributed by atoms with van der Waals surface area (Å²) < 4.78 is 8.32. The van der Waals surface area contributed by atoms with E-state index in [-0.39, 0.29) is 18.3 Å². The van der Waals surface area contributed by atoms with E-state index in [2.05, 4.69) is 37.5 Å². The first kappa shape index (κ1) is 12.1. The van der Waals surface area contributed by atoms with Crippen molar-refractivity contribution in [1.29, 1.82) is 0 Å². The van der Waals surface area contributed by atoms with E-state index in [1.165, 1.54) is 0 Å². The maximum absolute atomic E-state index is 9.86. The molecule has 1 aliphatic rings. The molecule has 3 N–H and O–H groups in total. The molecule has 0 aromatic carbocycles. The fourth-order valence-corrected chi connectivity index (χ4v) is 2.87. The Balaban J connectivity index is 1.98. The highest BCUT2D eigenvalue weighted by Crippen LogP contribution is 2.31. The summed E-state index contributed by atoms with van der Waals surface area (Å²) >= 11 is 2.20. The van der Waals surface area contributed by atoms with Crippen LogP contribution in [-0.4, -0.2) is 41.3 Å². The lowest BCUT2D eigenvalue weighted by atomic mass is 10.2. The van der Waals surface area contributed by atoms with Crippen LogP contribution in [0.15, 0.2) is 12.5 Å². The van der Waals surface area contributed by atoms with Crippen LogP contribution >= 0.6 is 22.6 Å². The maximum atomic E-state index is 9.86. The lowest BCUT2D eigenvalue weighted by molar-refractivity contribution is -0.00220. The molecule has 0 bridgehead atoms. The Kier molecular flexibility index (Phi) is 3.08. The topological polar surface area (TPSA) is 99.1 Å². The lowest BCUT2D eigenvalue weighted by Gasteiger charge is -2.13. The molecule has 3 heterocycles. The first-order valence-electron chi connectivity index (χ1n) is 5.53. The number of alkyl halides is 1. The van der Waals surface area contributed by atoms with E-state index in [1.807, 2.05) is 0 Å². The molecule has 3 atom stereocenters. The zero-order chi connectivity index (χ0) is 12.7. The van der Waals surface area contributed by atoms with Crippen molar-refractivity contribution >= 4 is 39.7 Å². The number of hydrogen-bond donors (Lipinski definition) is 2. The van der Waals surface area contributed by atoms with Crippen LogP contribution in [-0.2, 0) is 4.74 Å². The Morgan fingerprint density at radius 1 is 1.56 bits per heavy atom. The van der Waals surface area contributed by atoms with Gasteiger partial charge in [-0.15, -0.1) is 0 Å². The Morgan fingerprint density at radius 2 is 2.39 bits per heavy atom. The third-order valence-electron chi connectivity index (χ3n) is 3.00. The summed E-state index contributed by atoms with van der Waals surface area (Å²) in [4.78, 5) is 12.3. The summed E-state index contributed by atoms with van der Waals surface area (Å²) in [6.07, 6.45) is 2.90. The number of aliphatic hydroxyl groups is 1. The first-order chi connectivity index (χ1) is 8.69. The second-order valence-corrected chi connectivity index (χ2v) is 5.06. The van der Waals surface area contributed by atoms with Crippen molar-refractivity contribution in [1.82, 2.24) is 19.5 Å². The number of nitrogen functional groups attached to an aromatic ring is 1. The Morgan fingerprint density at radius 3 is 3.11 bits per heavy atom. The number of fused-ring (bicyclic) bond motifs is 1. The highest BCUT2D eigenvalue weighted by Gasteiger charge is 2.34. The van der Waals surface area contributed by atoms with E-state index in [1.54, 1.807) is 17.1 Å². The number of nitrogens with two attached hydrogens (primary N) is 1. The summed E-state index contributed by atoms with van der Waals surface area (Å²) in [6, 6.07) is 0. The average molecular weight is 361 g/mol. The van der Waals surface area contributed by atoms with E-state index in [0.29, 0.717) is 17.6 Å². The Hall–Kier alpha value is -1.00. The Labute approximate surface area is 117 Å². The van der Waals surface area contributed by atoms with Crippen molar-refractivity contribution in [3.63, 3.8) is 0 Å². The fourth-order valence-electron chi connectivity index (χ4n) is 2.08. The molecule has 96 valence electrons. The van der Waals surface area contributed by atoms with Gasteiger partial charge in [-0.25, -0.2) is 9.97 Å². The molecule has 2 aromatic heterocycles. The third kappa shape index (κ3) is 1.93. The molecule has 18 heavy (non-hydrogen) atoms. The van der Waals surface area contributed by atoms with Gasteiger partial charge < -0.3 is 15.6 Å². The van der Waals surface area contributed by atoms with Gasteiger partial charge in [-0.3, -0.25) is 4.57 Å². The molecule has 1 saturated heterocycles. The van der Waals surface area contributed by atoms with Crippen molar-refractivity contribution in [2.75, 3.05) is 10.2 Å². The van der Waals surface area contributed by atoms with Crippen LogP contribution in [0.2, 0.25) is 0 Å². The van der Waals surface area contributed by atoms with Gasteiger partial charge in [0.15, 0.2) is 5.65 Å². The van der Waals surface area contributed by atoms with Crippen LogP contribution in [0.5, 0.6) is 0 Å². The van der Waals surface area contributed by atoms with Crippen LogP contribution < -0.4 is 5.73 Å². The maximum Gasteiger partial charge on any atom is 0.222 e. The third-order valence-corrected chi connectivity index (χ3v) is 3.87. The van der Waals surface area contributed by atoms with E-state index >= 15 is 0 Å². The normalized spacial score (nSPS) is 28.0. The summed E-state index contributed by atoms with van der Waals surface area (Å²) in [6.45, 7) is 0. The number of nitrogens with zero attached hydrogens (tertiary/aromatic N) is 4. The Bertz CT molecular complexity index is 574. The molecule has 2 aromatic rings. The summed E-state index contributed by atoms with van der Waals surface area (Å²) in [7, 11) is 0. The molecule has 0 radical (unpaired) electrons. The predicted molar refractivity (Wildman–Crippen MR) is 73.2 cm³/mol. The number of imidazole rings is 1. The summed E-state index contributed by atoms with van der Waals surface area (Å²) in [5.74, 6) is 0.202. The number of anilines is 1. The monoisotopic (exact) mass is 361 g/mol. The minimum absolute atomic E-state index is 0.146. The standard InChI is InChI=1S/C10H12IN5O2/c11-2-7-6(17)1-8(18-7)16-4-14-5-3-13-10(12)15-9(5)16/h3-4,6-8,17H,1-2H2,(H2,12,13,15)/t6-,7+,8+/m0/s1. The molecule has 7 nitrogen and oxygen atoms in total. The minimum Gasteiger partial charge on any atom is -0.390 e. The molecule has 0 aliphatic carbocycles. The second kappa shape index (κ2) is 4.59. The second-order valence-electron chi connectivity index (χ2n) is 4.18. The largest absolute Gasteiger partial charge is 0.390 e. The molecule has 1 aliphatic heterocycles. The van der Waals surface area contributed by atoms with Crippen molar-refractivity contribution < 1.29 is 9.84 Å². The van der Waals surface area contributed by atoms with Gasteiger partial charge in [0, 0.05) is 10.8 Å². The predicted octanol–water partition coefficient (Wildman–Crippen LogP) is 0.492. The zero-order valence-electron chi connectivity index (χ0n) is 9.40. The number of ether oxygens (including phenoxy) is 1. The number of aromatic nitrogens is 4. The van der Waals surface area contributed by atoms with Gasteiger partial charge in [-0.05, 0) is 0 Å². The average Bonchev–Trinajstić information content (AvgIpc) is 2.91. The quantitative estimate of drug-likeness (QED) is 0.597. The van der Waals surface area contributed by atoms with Crippen LogP contribution in [0, 0.1) is 0 Å². The molecule has 0 unspecified atom stereocenters. The summed E-state index contributed by atoms with van der Waals surface area (Å²) in [5.41, 5.74) is 6.88. The number of aliphatic hydroxyl groups excluding tert-OH is 1. The van der Waals surface area contributed by atoms with Crippen molar-refractivity contribution in [2.24, 2.45) is 0 Å². The smallest absolute Gasteiger partial charge is 0.222 e. The van der Waals surface area contributed by atoms with Crippen LogP contribution in [0.4, 0.5) is 5.95 Å². The van der Waals surface area contributed by atoms with E-state index in [4.69, 9.17) is 10.5 Å².